The molecule has 2 fully saturated rings. The molecule has 2 aliphatic rings. The lowest BCUT2D eigenvalue weighted by molar-refractivity contribution is 0.0936. The predicted molar refractivity (Wildman–Crippen MR) is 109 cm³/mol. The average molecular weight is 367 g/mol. The Labute approximate surface area is 161 Å². The Hall–Kier alpha value is -2.07. The number of benzene rings is 2. The van der Waals surface area contributed by atoms with Crippen molar-refractivity contribution in [2.45, 2.75) is 57.5 Å². The SMILES string of the molecule is CCOc1ccc(C(=O)NC2CCN(C3CCCCC3)C2)c2ccccc12. The molecule has 0 radical (unpaired) electrons. The van der Waals surface area contributed by atoms with Gasteiger partial charge in [0.25, 0.3) is 5.91 Å². The number of carbonyl (C=O) groups is 1. The Bertz CT molecular complexity index is 798. The predicted octanol–water partition coefficient (Wildman–Crippen LogP) is 4.38. The smallest absolute Gasteiger partial charge is 0.252 e. The molecule has 1 atom stereocenters. The quantitative estimate of drug-likeness (QED) is 0.854. The fourth-order valence-corrected chi connectivity index (χ4v) is 4.70. The van der Waals surface area contributed by atoms with Crippen molar-refractivity contribution < 1.29 is 9.53 Å². The first-order valence-electron chi connectivity index (χ1n) is 10.5. The van der Waals surface area contributed by atoms with E-state index in [-0.39, 0.29) is 11.9 Å². The second-order valence-corrected chi connectivity index (χ2v) is 7.84. The molecule has 1 aliphatic heterocycles. The van der Waals surface area contributed by atoms with E-state index in [4.69, 9.17) is 4.74 Å². The summed E-state index contributed by atoms with van der Waals surface area (Å²) in [5, 5.41) is 5.25. The van der Waals surface area contributed by atoms with Gasteiger partial charge in [0, 0.05) is 36.1 Å². The zero-order valence-corrected chi connectivity index (χ0v) is 16.2. The van der Waals surface area contributed by atoms with E-state index in [0.29, 0.717) is 6.61 Å². The molecule has 4 nitrogen and oxygen atoms in total. The zero-order valence-electron chi connectivity index (χ0n) is 16.2. The third-order valence-corrected chi connectivity index (χ3v) is 6.07. The van der Waals surface area contributed by atoms with Crippen LogP contribution in [-0.2, 0) is 0 Å². The molecule has 0 aromatic heterocycles. The lowest BCUT2D eigenvalue weighted by Gasteiger charge is -2.31. The fraction of sp³-hybridized carbons (Fsp3) is 0.522. The Morgan fingerprint density at radius 3 is 2.63 bits per heavy atom. The molecule has 4 rings (SSSR count). The van der Waals surface area contributed by atoms with Crippen LogP contribution in [-0.4, -0.2) is 42.6 Å². The van der Waals surface area contributed by atoms with Gasteiger partial charge in [-0.15, -0.1) is 0 Å². The Morgan fingerprint density at radius 1 is 1.07 bits per heavy atom. The van der Waals surface area contributed by atoms with E-state index in [1.54, 1.807) is 0 Å². The summed E-state index contributed by atoms with van der Waals surface area (Å²) >= 11 is 0. The highest BCUT2D eigenvalue weighted by atomic mass is 16.5. The molecule has 1 saturated heterocycles. The molecule has 2 aromatic rings. The van der Waals surface area contributed by atoms with Crippen LogP contribution in [0.1, 0.15) is 55.8 Å². The highest BCUT2D eigenvalue weighted by Crippen LogP contribution is 2.29. The third-order valence-electron chi connectivity index (χ3n) is 6.07. The van der Waals surface area contributed by atoms with Gasteiger partial charge < -0.3 is 10.1 Å². The second-order valence-electron chi connectivity index (χ2n) is 7.84. The normalized spacial score (nSPS) is 21.4. The van der Waals surface area contributed by atoms with Gasteiger partial charge in [0.1, 0.15) is 5.75 Å². The van der Waals surface area contributed by atoms with Crippen molar-refractivity contribution in [1.29, 1.82) is 0 Å². The number of hydrogen-bond donors (Lipinski definition) is 1. The van der Waals surface area contributed by atoms with Crippen molar-refractivity contribution in [2.24, 2.45) is 0 Å². The van der Waals surface area contributed by atoms with E-state index >= 15 is 0 Å². The Balaban J connectivity index is 1.46. The van der Waals surface area contributed by atoms with E-state index in [9.17, 15) is 4.79 Å². The number of likely N-dealkylation sites (tertiary alicyclic amines) is 1. The van der Waals surface area contributed by atoms with Gasteiger partial charge in [-0.25, -0.2) is 0 Å². The molecular formula is C23H30N2O2. The van der Waals surface area contributed by atoms with Crippen LogP contribution in [0.25, 0.3) is 10.8 Å². The molecule has 1 aliphatic carbocycles. The maximum absolute atomic E-state index is 13.0. The van der Waals surface area contributed by atoms with Crippen LogP contribution in [0.15, 0.2) is 36.4 Å². The molecule has 0 bridgehead atoms. The standard InChI is InChI=1S/C23H30N2O2/c1-2-27-22-13-12-21(19-10-6-7-11-20(19)22)23(26)24-17-14-15-25(16-17)18-8-4-3-5-9-18/h6-7,10-13,17-18H,2-5,8-9,14-16H2,1H3,(H,24,26). The monoisotopic (exact) mass is 366 g/mol. The Kier molecular flexibility index (Phi) is 5.63. The molecule has 27 heavy (non-hydrogen) atoms. The van der Waals surface area contributed by atoms with Gasteiger partial charge in [-0.05, 0) is 43.7 Å². The van der Waals surface area contributed by atoms with Gasteiger partial charge in [0.05, 0.1) is 6.61 Å². The highest BCUT2D eigenvalue weighted by Gasteiger charge is 2.30. The van der Waals surface area contributed by atoms with Gasteiger partial charge in [-0.2, -0.15) is 0 Å². The topological polar surface area (TPSA) is 41.6 Å². The summed E-state index contributed by atoms with van der Waals surface area (Å²) in [6, 6.07) is 12.8. The van der Waals surface area contributed by atoms with Crippen LogP contribution in [0.2, 0.25) is 0 Å². The number of hydrogen-bond acceptors (Lipinski definition) is 3. The molecule has 1 unspecified atom stereocenters. The van der Waals surface area contributed by atoms with Crippen molar-refractivity contribution in [3.63, 3.8) is 0 Å². The summed E-state index contributed by atoms with van der Waals surface area (Å²) in [7, 11) is 0. The Morgan fingerprint density at radius 2 is 1.85 bits per heavy atom. The van der Waals surface area contributed by atoms with Crippen LogP contribution in [0.3, 0.4) is 0 Å². The van der Waals surface area contributed by atoms with Crippen molar-refractivity contribution in [1.82, 2.24) is 10.2 Å². The minimum Gasteiger partial charge on any atom is -0.493 e. The number of nitrogens with zero attached hydrogens (tertiary/aromatic N) is 1. The van der Waals surface area contributed by atoms with Gasteiger partial charge in [0.2, 0.25) is 0 Å². The largest absolute Gasteiger partial charge is 0.493 e. The molecule has 1 saturated carbocycles. The molecule has 4 heteroatoms. The van der Waals surface area contributed by atoms with Crippen LogP contribution >= 0.6 is 0 Å². The lowest BCUT2D eigenvalue weighted by atomic mass is 9.94. The van der Waals surface area contributed by atoms with Gasteiger partial charge in [-0.3, -0.25) is 9.69 Å². The minimum atomic E-state index is 0.0322. The van der Waals surface area contributed by atoms with Gasteiger partial charge in [0.15, 0.2) is 0 Å². The summed E-state index contributed by atoms with van der Waals surface area (Å²) in [5.41, 5.74) is 0.741. The van der Waals surface area contributed by atoms with Gasteiger partial charge in [-0.1, -0.05) is 43.5 Å². The van der Waals surface area contributed by atoms with Crippen molar-refractivity contribution >= 4 is 16.7 Å². The number of amides is 1. The summed E-state index contributed by atoms with van der Waals surface area (Å²) in [5.74, 6) is 0.874. The summed E-state index contributed by atoms with van der Waals surface area (Å²) in [6.45, 7) is 4.70. The second kappa shape index (κ2) is 8.30. The van der Waals surface area contributed by atoms with E-state index < -0.39 is 0 Å². The summed E-state index contributed by atoms with van der Waals surface area (Å²) < 4.78 is 5.73. The zero-order chi connectivity index (χ0) is 18.6. The average Bonchev–Trinajstić information content (AvgIpc) is 3.17. The van der Waals surface area contributed by atoms with Crippen LogP contribution in [0.5, 0.6) is 5.75 Å². The maximum atomic E-state index is 13.0. The number of carbonyl (C=O) groups excluding carboxylic acids is 1. The van der Waals surface area contributed by atoms with Gasteiger partial charge >= 0.3 is 0 Å². The maximum Gasteiger partial charge on any atom is 0.252 e. The van der Waals surface area contributed by atoms with Crippen LogP contribution in [0, 0.1) is 0 Å². The summed E-state index contributed by atoms with van der Waals surface area (Å²) in [4.78, 5) is 15.6. The molecular weight excluding hydrogens is 336 g/mol. The number of rotatable bonds is 5. The number of fused-ring (bicyclic) bond motifs is 1. The first kappa shape index (κ1) is 18.3. The minimum absolute atomic E-state index is 0.0322. The van der Waals surface area contributed by atoms with Crippen LogP contribution < -0.4 is 10.1 Å². The van der Waals surface area contributed by atoms with E-state index in [2.05, 4.69) is 10.2 Å². The molecule has 144 valence electrons. The molecule has 1 N–H and O–H groups in total. The molecule has 0 spiro atoms. The number of ether oxygens (including phenoxy) is 1. The number of nitrogens with one attached hydrogen (secondary N) is 1. The fourth-order valence-electron chi connectivity index (χ4n) is 4.70. The first-order valence-corrected chi connectivity index (χ1v) is 10.5. The molecule has 2 aromatic carbocycles. The first-order chi connectivity index (χ1) is 13.3. The van der Waals surface area contributed by atoms with E-state index in [1.807, 2.05) is 43.3 Å². The van der Waals surface area contributed by atoms with Crippen molar-refractivity contribution in [3.8, 4) is 5.75 Å². The van der Waals surface area contributed by atoms with E-state index in [0.717, 1.165) is 47.6 Å². The summed E-state index contributed by atoms with van der Waals surface area (Å²) in [6.07, 6.45) is 7.80. The van der Waals surface area contributed by atoms with E-state index in [1.165, 1.54) is 32.1 Å². The lowest BCUT2D eigenvalue weighted by Crippen LogP contribution is -2.40. The highest BCUT2D eigenvalue weighted by molar-refractivity contribution is 6.08. The molecule has 1 amide bonds. The third kappa shape index (κ3) is 3.96. The van der Waals surface area contributed by atoms with Crippen LogP contribution in [0.4, 0.5) is 0 Å². The van der Waals surface area contributed by atoms with Crippen molar-refractivity contribution in [3.05, 3.63) is 42.0 Å². The van der Waals surface area contributed by atoms with Crippen molar-refractivity contribution in [2.75, 3.05) is 19.7 Å². The molecule has 1 heterocycles.